The summed E-state index contributed by atoms with van der Waals surface area (Å²) in [5.74, 6) is 1.88. The third-order valence-corrected chi connectivity index (χ3v) is 10.2. The molecule has 1 aliphatic rings. The summed E-state index contributed by atoms with van der Waals surface area (Å²) in [5.41, 5.74) is 11.4. The molecule has 232 valence electrons. The summed E-state index contributed by atoms with van der Waals surface area (Å²) in [7, 11) is 0. The van der Waals surface area contributed by atoms with E-state index in [1.54, 1.807) is 0 Å². The van der Waals surface area contributed by atoms with Gasteiger partial charge in [-0.1, -0.05) is 135 Å². The van der Waals surface area contributed by atoms with Crippen LogP contribution >= 0.6 is 0 Å². The first-order valence-corrected chi connectivity index (χ1v) is 16.7. The maximum Gasteiger partial charge on any atom is 0.238 e. The van der Waals surface area contributed by atoms with Gasteiger partial charge in [0.2, 0.25) is 5.95 Å². The van der Waals surface area contributed by atoms with Crippen LogP contribution in [0.1, 0.15) is 25.0 Å². The summed E-state index contributed by atoms with van der Waals surface area (Å²) in [4.78, 5) is 15.3. The van der Waals surface area contributed by atoms with Crippen LogP contribution in [0.2, 0.25) is 0 Å². The number of para-hydroxylation sites is 2. The Balaban J connectivity index is 1.35. The van der Waals surface area contributed by atoms with Gasteiger partial charge in [-0.05, 0) is 41.5 Å². The molecule has 3 aromatic heterocycles. The van der Waals surface area contributed by atoms with E-state index in [1.807, 2.05) is 36.4 Å². The second-order valence-corrected chi connectivity index (χ2v) is 13.3. The molecule has 0 spiro atoms. The van der Waals surface area contributed by atoms with Crippen LogP contribution in [0.4, 0.5) is 0 Å². The van der Waals surface area contributed by atoms with Crippen LogP contribution in [0.5, 0.6) is 0 Å². The summed E-state index contributed by atoms with van der Waals surface area (Å²) in [6.07, 6.45) is 0. The first kappa shape index (κ1) is 27.8. The van der Waals surface area contributed by atoms with Gasteiger partial charge < -0.3 is 4.57 Å². The molecule has 3 heterocycles. The summed E-state index contributed by atoms with van der Waals surface area (Å²) < 4.78 is 4.69. The highest BCUT2D eigenvalue weighted by molar-refractivity contribution is 6.24. The molecule has 10 rings (SSSR count). The lowest BCUT2D eigenvalue weighted by atomic mass is 9.81. The predicted octanol–water partition coefficient (Wildman–Crippen LogP) is 10.6. The number of nitrogens with zero attached hydrogens (tertiary/aromatic N) is 5. The highest BCUT2D eigenvalue weighted by Crippen LogP contribution is 2.55. The minimum absolute atomic E-state index is 0.212. The smallest absolute Gasteiger partial charge is 0.238 e. The average Bonchev–Trinajstić information content (AvgIpc) is 3.77. The number of rotatable bonds is 4. The number of fused-ring (bicyclic) bond motifs is 9. The Kier molecular flexibility index (Phi) is 5.85. The fourth-order valence-corrected chi connectivity index (χ4v) is 8.03. The number of hydrogen-bond donors (Lipinski definition) is 0. The van der Waals surface area contributed by atoms with Crippen molar-refractivity contribution < 1.29 is 0 Å². The van der Waals surface area contributed by atoms with Crippen molar-refractivity contribution in [1.82, 2.24) is 24.1 Å². The van der Waals surface area contributed by atoms with Crippen LogP contribution in [-0.2, 0) is 5.41 Å². The molecule has 6 aromatic carbocycles. The summed E-state index contributed by atoms with van der Waals surface area (Å²) >= 11 is 0. The maximum atomic E-state index is 5.17. The summed E-state index contributed by atoms with van der Waals surface area (Å²) in [6.45, 7) is 4.74. The number of aromatic nitrogens is 5. The SMILES string of the molecule is CC1(C)c2ccccc2-c2c1c1c3c4ccccc4n(-c4nc(-c5ccccc5)nc(-c5ccccc5)n4)c3ccc1n2-c1ccccc1. The van der Waals surface area contributed by atoms with Gasteiger partial charge in [-0.2, -0.15) is 9.97 Å². The molecule has 0 amide bonds. The molecule has 5 heteroatoms. The van der Waals surface area contributed by atoms with Crippen molar-refractivity contribution in [2.24, 2.45) is 0 Å². The Hall–Kier alpha value is -6.33. The number of benzene rings is 6. The van der Waals surface area contributed by atoms with Crippen molar-refractivity contribution in [3.63, 3.8) is 0 Å². The van der Waals surface area contributed by atoms with E-state index in [4.69, 9.17) is 15.0 Å². The lowest BCUT2D eigenvalue weighted by molar-refractivity contribution is 0.666. The van der Waals surface area contributed by atoms with Gasteiger partial charge in [-0.3, -0.25) is 4.57 Å². The standard InChI is InChI=1S/C44H31N5/c1-44(2)33-24-14-12-22-31(33)40-39(44)38-36(48(40)30-20-10-5-11-21-30)27-26-35-37(38)32-23-13-15-25-34(32)49(35)43-46-41(28-16-6-3-7-17-28)45-42(47-43)29-18-8-4-9-19-29/h3-27H,1-2H3. The van der Waals surface area contributed by atoms with E-state index < -0.39 is 0 Å². The number of hydrogen-bond acceptors (Lipinski definition) is 3. The molecule has 5 nitrogen and oxygen atoms in total. The van der Waals surface area contributed by atoms with Gasteiger partial charge >= 0.3 is 0 Å². The topological polar surface area (TPSA) is 48.5 Å². The Labute approximate surface area is 283 Å². The van der Waals surface area contributed by atoms with Gasteiger partial charge in [0.15, 0.2) is 11.6 Å². The van der Waals surface area contributed by atoms with Crippen molar-refractivity contribution in [2.45, 2.75) is 19.3 Å². The quantitative estimate of drug-likeness (QED) is 0.195. The Morgan fingerprint density at radius 3 is 1.69 bits per heavy atom. The minimum Gasteiger partial charge on any atom is -0.309 e. The van der Waals surface area contributed by atoms with Gasteiger partial charge in [-0.15, -0.1) is 0 Å². The second kappa shape index (κ2) is 10.3. The molecule has 0 aliphatic heterocycles. The fraction of sp³-hybridized carbons (Fsp3) is 0.0682. The normalized spacial score (nSPS) is 13.3. The van der Waals surface area contributed by atoms with E-state index in [0.717, 1.165) is 27.8 Å². The zero-order valence-corrected chi connectivity index (χ0v) is 27.2. The molecule has 0 saturated carbocycles. The van der Waals surface area contributed by atoms with E-state index in [-0.39, 0.29) is 5.41 Å². The molecule has 1 aliphatic carbocycles. The van der Waals surface area contributed by atoms with Crippen LogP contribution in [0.25, 0.3) is 78.4 Å². The lowest BCUT2D eigenvalue weighted by Crippen LogP contribution is -2.14. The van der Waals surface area contributed by atoms with Crippen LogP contribution in [0.15, 0.2) is 152 Å². The van der Waals surface area contributed by atoms with Gasteiger partial charge in [0.05, 0.1) is 22.2 Å². The molecular weight excluding hydrogens is 599 g/mol. The molecule has 0 atom stereocenters. The lowest BCUT2D eigenvalue weighted by Gasteiger charge is -2.21. The summed E-state index contributed by atoms with van der Waals surface area (Å²) in [6, 6.07) is 53.2. The van der Waals surface area contributed by atoms with Crippen LogP contribution in [0, 0.1) is 0 Å². The van der Waals surface area contributed by atoms with E-state index >= 15 is 0 Å². The Bertz CT molecular complexity index is 2660. The van der Waals surface area contributed by atoms with Crippen LogP contribution < -0.4 is 0 Å². The maximum absolute atomic E-state index is 5.17. The largest absolute Gasteiger partial charge is 0.309 e. The highest BCUT2D eigenvalue weighted by Gasteiger charge is 2.41. The third kappa shape index (κ3) is 3.96. The van der Waals surface area contributed by atoms with Crippen molar-refractivity contribution in [3.8, 4) is 45.7 Å². The van der Waals surface area contributed by atoms with Crippen molar-refractivity contribution >= 4 is 32.7 Å². The molecule has 0 fully saturated rings. The summed E-state index contributed by atoms with van der Waals surface area (Å²) in [5, 5.41) is 3.65. The Morgan fingerprint density at radius 1 is 0.469 bits per heavy atom. The van der Waals surface area contributed by atoms with Crippen molar-refractivity contribution in [3.05, 3.63) is 163 Å². The molecule has 0 saturated heterocycles. The van der Waals surface area contributed by atoms with Gasteiger partial charge in [0.1, 0.15) is 0 Å². The zero-order valence-electron chi connectivity index (χ0n) is 27.2. The fourth-order valence-electron chi connectivity index (χ4n) is 8.03. The van der Waals surface area contributed by atoms with Gasteiger partial charge in [0.25, 0.3) is 0 Å². The molecule has 9 aromatic rings. The highest BCUT2D eigenvalue weighted by atomic mass is 15.2. The Morgan fingerprint density at radius 2 is 1.02 bits per heavy atom. The van der Waals surface area contributed by atoms with E-state index in [1.165, 1.54) is 44.1 Å². The molecular formula is C44H31N5. The molecule has 0 bridgehead atoms. The monoisotopic (exact) mass is 629 g/mol. The first-order chi connectivity index (χ1) is 24.1. The van der Waals surface area contributed by atoms with E-state index in [2.05, 4.69) is 138 Å². The molecule has 0 unspecified atom stereocenters. The molecule has 0 radical (unpaired) electrons. The van der Waals surface area contributed by atoms with E-state index in [0.29, 0.717) is 17.6 Å². The third-order valence-electron chi connectivity index (χ3n) is 10.2. The van der Waals surface area contributed by atoms with E-state index in [9.17, 15) is 0 Å². The zero-order chi connectivity index (χ0) is 32.7. The predicted molar refractivity (Wildman–Crippen MR) is 199 cm³/mol. The molecule has 0 N–H and O–H groups in total. The minimum atomic E-state index is -0.212. The second-order valence-electron chi connectivity index (χ2n) is 13.3. The van der Waals surface area contributed by atoms with Crippen LogP contribution in [-0.4, -0.2) is 24.1 Å². The average molecular weight is 630 g/mol. The van der Waals surface area contributed by atoms with Gasteiger partial charge in [0, 0.05) is 44.0 Å². The van der Waals surface area contributed by atoms with Gasteiger partial charge in [-0.25, -0.2) is 4.98 Å². The first-order valence-electron chi connectivity index (χ1n) is 16.7. The molecule has 49 heavy (non-hydrogen) atoms. The van der Waals surface area contributed by atoms with Crippen LogP contribution in [0.3, 0.4) is 0 Å². The van der Waals surface area contributed by atoms with Crippen molar-refractivity contribution in [2.75, 3.05) is 0 Å². The van der Waals surface area contributed by atoms with Crippen molar-refractivity contribution in [1.29, 1.82) is 0 Å².